The van der Waals surface area contributed by atoms with E-state index in [1.807, 2.05) is 0 Å². The molecule has 0 aromatic heterocycles. The van der Waals surface area contributed by atoms with Crippen LogP contribution in [0.3, 0.4) is 0 Å². The predicted octanol–water partition coefficient (Wildman–Crippen LogP) is 1.42. The van der Waals surface area contributed by atoms with Crippen molar-refractivity contribution in [1.29, 1.82) is 0 Å². The quantitative estimate of drug-likeness (QED) is 0.439. The molecular weight excluding hydrogens is 297 g/mol. The largest absolute Gasteiger partial charge is 0.508 e. The number of nitrogens with zero attached hydrogens (tertiary/aromatic N) is 1. The van der Waals surface area contributed by atoms with Crippen LogP contribution in [-0.4, -0.2) is 47.3 Å². The average Bonchev–Trinajstić information content (AvgIpc) is 2.56. The summed E-state index contributed by atoms with van der Waals surface area (Å²) in [7, 11) is 0. The lowest BCUT2D eigenvalue weighted by atomic mass is 10.1. The van der Waals surface area contributed by atoms with Crippen LogP contribution in [0.25, 0.3) is 0 Å². The van der Waals surface area contributed by atoms with Crippen molar-refractivity contribution in [2.24, 2.45) is 0 Å². The van der Waals surface area contributed by atoms with E-state index in [1.54, 1.807) is 0 Å². The molecule has 0 aromatic rings. The fraction of sp³-hybridized carbons (Fsp3) is 0.889. The maximum atomic E-state index is 10.7. The molecule has 0 aromatic carbocycles. The van der Waals surface area contributed by atoms with Gasteiger partial charge < -0.3 is 9.47 Å². The van der Waals surface area contributed by atoms with E-state index in [-0.39, 0.29) is 6.10 Å². The standard InChI is InChI=1S/C9H14INO3/c10-7-1-3-11(4-2-7)5-8-6-13-9(12)14-8/h7-8H,1-6H2. The zero-order valence-corrected chi connectivity index (χ0v) is 10.1. The first kappa shape index (κ1) is 10.5. The maximum Gasteiger partial charge on any atom is 0.508 e. The molecule has 1 unspecified atom stereocenters. The summed E-state index contributed by atoms with van der Waals surface area (Å²) in [6.07, 6.45) is 1.91. The maximum absolute atomic E-state index is 10.7. The van der Waals surface area contributed by atoms with Crippen LogP contribution in [0.2, 0.25) is 0 Å². The molecule has 0 radical (unpaired) electrons. The van der Waals surface area contributed by atoms with E-state index in [9.17, 15) is 4.79 Å². The van der Waals surface area contributed by atoms with Crippen molar-refractivity contribution in [3.8, 4) is 0 Å². The number of likely N-dealkylation sites (tertiary alicyclic amines) is 1. The second-order valence-corrected chi connectivity index (χ2v) is 5.54. The highest BCUT2D eigenvalue weighted by Crippen LogP contribution is 2.19. The van der Waals surface area contributed by atoms with E-state index in [0.717, 1.165) is 23.6 Å². The average molecular weight is 311 g/mol. The summed E-state index contributed by atoms with van der Waals surface area (Å²) in [5.74, 6) is 0. The van der Waals surface area contributed by atoms with Gasteiger partial charge in [-0.2, -0.15) is 0 Å². The Hall–Kier alpha value is -0.0400. The molecule has 0 spiro atoms. The Kier molecular flexibility index (Phi) is 3.48. The third-order valence-corrected chi connectivity index (χ3v) is 3.87. The molecule has 2 aliphatic heterocycles. The summed E-state index contributed by atoms with van der Waals surface area (Å²) in [6.45, 7) is 3.47. The van der Waals surface area contributed by atoms with E-state index in [2.05, 4.69) is 27.5 Å². The Morgan fingerprint density at radius 1 is 1.43 bits per heavy atom. The van der Waals surface area contributed by atoms with Crippen LogP contribution < -0.4 is 0 Å². The smallest absolute Gasteiger partial charge is 0.430 e. The number of alkyl halides is 1. The van der Waals surface area contributed by atoms with Gasteiger partial charge in [0.2, 0.25) is 0 Å². The molecule has 1 atom stereocenters. The van der Waals surface area contributed by atoms with Gasteiger partial charge in [0.25, 0.3) is 0 Å². The first-order valence-corrected chi connectivity index (χ1v) is 6.18. The van der Waals surface area contributed by atoms with Gasteiger partial charge in [-0.3, -0.25) is 4.90 Å². The molecule has 2 saturated heterocycles. The number of carbonyl (C=O) groups excluding carboxylic acids is 1. The number of hydrogen-bond donors (Lipinski definition) is 0. The van der Waals surface area contributed by atoms with Crippen LogP contribution in [0.4, 0.5) is 4.79 Å². The van der Waals surface area contributed by atoms with Gasteiger partial charge in [-0.1, -0.05) is 22.6 Å². The molecule has 0 aliphatic carbocycles. The van der Waals surface area contributed by atoms with Crippen LogP contribution in [0.1, 0.15) is 12.8 Å². The summed E-state index contributed by atoms with van der Waals surface area (Å²) < 4.78 is 10.5. The Balaban J connectivity index is 1.72. The first-order valence-electron chi connectivity index (χ1n) is 4.94. The van der Waals surface area contributed by atoms with Crippen molar-refractivity contribution < 1.29 is 14.3 Å². The molecule has 2 rings (SSSR count). The van der Waals surface area contributed by atoms with Gasteiger partial charge in [0.1, 0.15) is 6.61 Å². The van der Waals surface area contributed by atoms with Crippen LogP contribution in [0, 0.1) is 0 Å². The summed E-state index contributed by atoms with van der Waals surface area (Å²) in [6, 6.07) is 0. The molecule has 2 aliphatic rings. The third kappa shape index (κ3) is 2.73. The number of halogens is 1. The SMILES string of the molecule is O=C1OCC(CN2CCC(I)CC2)O1. The molecule has 2 heterocycles. The Morgan fingerprint density at radius 3 is 2.71 bits per heavy atom. The van der Waals surface area contributed by atoms with Crippen molar-refractivity contribution in [2.75, 3.05) is 26.2 Å². The van der Waals surface area contributed by atoms with Gasteiger partial charge in [0.15, 0.2) is 6.10 Å². The summed E-state index contributed by atoms with van der Waals surface area (Å²) >= 11 is 2.50. The van der Waals surface area contributed by atoms with Crippen molar-refractivity contribution in [1.82, 2.24) is 4.90 Å². The van der Waals surface area contributed by atoms with Crippen molar-refractivity contribution in [3.05, 3.63) is 0 Å². The number of rotatable bonds is 2. The second-order valence-electron chi connectivity index (χ2n) is 3.78. The summed E-state index contributed by atoms with van der Waals surface area (Å²) in [5.41, 5.74) is 0. The normalized spacial score (nSPS) is 30.1. The second kappa shape index (κ2) is 4.65. The van der Waals surface area contributed by atoms with Crippen LogP contribution in [0.15, 0.2) is 0 Å². The van der Waals surface area contributed by atoms with Crippen LogP contribution >= 0.6 is 22.6 Å². The van der Waals surface area contributed by atoms with E-state index >= 15 is 0 Å². The van der Waals surface area contributed by atoms with Gasteiger partial charge in [0.05, 0.1) is 0 Å². The van der Waals surface area contributed by atoms with Crippen LogP contribution in [-0.2, 0) is 9.47 Å². The van der Waals surface area contributed by atoms with E-state index in [1.165, 1.54) is 12.8 Å². The minimum atomic E-state index is -0.515. The zero-order valence-electron chi connectivity index (χ0n) is 7.95. The van der Waals surface area contributed by atoms with Crippen LogP contribution in [0.5, 0.6) is 0 Å². The third-order valence-electron chi connectivity index (χ3n) is 2.63. The van der Waals surface area contributed by atoms with E-state index in [4.69, 9.17) is 9.47 Å². The molecule has 2 fully saturated rings. The molecule has 0 bridgehead atoms. The lowest BCUT2D eigenvalue weighted by Gasteiger charge is -2.30. The molecule has 5 heteroatoms. The minimum absolute atomic E-state index is 0.0479. The number of cyclic esters (lactones) is 2. The van der Waals surface area contributed by atoms with Gasteiger partial charge in [-0.15, -0.1) is 0 Å². The number of ether oxygens (including phenoxy) is 2. The van der Waals surface area contributed by atoms with E-state index in [0.29, 0.717) is 6.61 Å². The highest BCUT2D eigenvalue weighted by Gasteiger charge is 2.28. The first-order chi connectivity index (χ1) is 6.74. The molecular formula is C9H14INO3. The Morgan fingerprint density at radius 2 is 2.14 bits per heavy atom. The van der Waals surface area contributed by atoms with Gasteiger partial charge >= 0.3 is 6.16 Å². The highest BCUT2D eigenvalue weighted by atomic mass is 127. The van der Waals surface area contributed by atoms with Gasteiger partial charge in [0, 0.05) is 10.5 Å². The highest BCUT2D eigenvalue weighted by molar-refractivity contribution is 14.1. The lowest BCUT2D eigenvalue weighted by Crippen LogP contribution is -2.39. The Labute approximate surface area is 97.1 Å². The van der Waals surface area contributed by atoms with E-state index < -0.39 is 6.16 Å². The predicted molar refractivity (Wildman–Crippen MR) is 59.7 cm³/mol. The van der Waals surface area contributed by atoms with Gasteiger partial charge in [-0.05, 0) is 25.9 Å². The fourth-order valence-electron chi connectivity index (χ4n) is 1.83. The zero-order chi connectivity index (χ0) is 9.97. The number of hydrogen-bond acceptors (Lipinski definition) is 4. The van der Waals surface area contributed by atoms with Crippen molar-refractivity contribution in [2.45, 2.75) is 22.9 Å². The number of carbonyl (C=O) groups is 1. The number of piperidine rings is 1. The molecule has 80 valence electrons. The summed E-state index contributed by atoms with van der Waals surface area (Å²) in [5, 5.41) is 0. The minimum Gasteiger partial charge on any atom is -0.430 e. The molecule has 0 saturated carbocycles. The molecule has 0 amide bonds. The summed E-state index contributed by atoms with van der Waals surface area (Å²) in [4.78, 5) is 13.0. The van der Waals surface area contributed by atoms with Gasteiger partial charge in [-0.25, -0.2) is 4.79 Å². The topological polar surface area (TPSA) is 38.8 Å². The fourth-order valence-corrected chi connectivity index (χ4v) is 2.38. The monoisotopic (exact) mass is 311 g/mol. The molecule has 14 heavy (non-hydrogen) atoms. The Bertz CT molecular complexity index is 216. The lowest BCUT2D eigenvalue weighted by molar-refractivity contribution is 0.0966. The van der Waals surface area contributed by atoms with Crippen molar-refractivity contribution in [3.63, 3.8) is 0 Å². The molecule has 0 N–H and O–H groups in total. The van der Waals surface area contributed by atoms with Crippen molar-refractivity contribution >= 4 is 28.7 Å². The molecule has 4 nitrogen and oxygen atoms in total.